The van der Waals surface area contributed by atoms with Crippen LogP contribution in [0.3, 0.4) is 0 Å². The van der Waals surface area contributed by atoms with Crippen LogP contribution in [0.1, 0.15) is 24.4 Å². The van der Waals surface area contributed by atoms with Gasteiger partial charge in [-0.1, -0.05) is 24.3 Å². The van der Waals surface area contributed by atoms with E-state index in [0.717, 1.165) is 24.0 Å². The second kappa shape index (κ2) is 5.96. The molecule has 1 N–H and O–H groups in total. The molecule has 3 aromatic rings. The van der Waals surface area contributed by atoms with E-state index in [0.29, 0.717) is 17.6 Å². The van der Waals surface area contributed by atoms with E-state index in [-0.39, 0.29) is 4.90 Å². The van der Waals surface area contributed by atoms with Gasteiger partial charge in [0.05, 0.1) is 10.9 Å². The Morgan fingerprint density at radius 2 is 1.92 bits per heavy atom. The molecule has 1 aromatic heterocycles. The zero-order valence-corrected chi connectivity index (χ0v) is 14.4. The van der Waals surface area contributed by atoms with Crippen LogP contribution in [0, 0.1) is 6.92 Å². The van der Waals surface area contributed by atoms with E-state index in [1.165, 1.54) is 0 Å². The van der Waals surface area contributed by atoms with Crippen LogP contribution >= 0.6 is 0 Å². The fourth-order valence-electron chi connectivity index (χ4n) is 2.67. The van der Waals surface area contributed by atoms with Gasteiger partial charge in [0.2, 0.25) is 0 Å². The molecule has 0 radical (unpaired) electrons. The van der Waals surface area contributed by atoms with Crippen molar-refractivity contribution < 1.29 is 8.42 Å². The third-order valence-electron chi connectivity index (χ3n) is 4.06. The predicted molar refractivity (Wildman–Crippen MR) is 93.5 cm³/mol. The van der Waals surface area contributed by atoms with Crippen LogP contribution in [0.2, 0.25) is 0 Å². The minimum absolute atomic E-state index is 0.237. The summed E-state index contributed by atoms with van der Waals surface area (Å²) in [5.41, 5.74) is 2.14. The van der Waals surface area contributed by atoms with E-state index in [2.05, 4.69) is 20.2 Å². The molecule has 0 amide bonds. The molecule has 0 spiro atoms. The van der Waals surface area contributed by atoms with Crippen molar-refractivity contribution in [3.8, 4) is 11.4 Å². The monoisotopic (exact) mass is 355 g/mol. The van der Waals surface area contributed by atoms with Crippen molar-refractivity contribution in [1.82, 2.24) is 20.2 Å². The number of nitrogens with zero attached hydrogens (tertiary/aromatic N) is 4. The van der Waals surface area contributed by atoms with Gasteiger partial charge in [-0.3, -0.25) is 4.72 Å². The molecule has 1 heterocycles. The molecule has 1 aliphatic carbocycles. The van der Waals surface area contributed by atoms with Gasteiger partial charge in [0.25, 0.3) is 10.0 Å². The van der Waals surface area contributed by atoms with Crippen molar-refractivity contribution in [3.05, 3.63) is 54.1 Å². The molecule has 7 nitrogen and oxygen atoms in total. The average molecular weight is 355 g/mol. The Balaban J connectivity index is 1.65. The minimum atomic E-state index is -3.64. The van der Waals surface area contributed by atoms with Crippen LogP contribution in [0.5, 0.6) is 0 Å². The van der Waals surface area contributed by atoms with Crippen LogP contribution in [-0.4, -0.2) is 28.6 Å². The first-order valence-electron chi connectivity index (χ1n) is 8.01. The van der Waals surface area contributed by atoms with Crippen molar-refractivity contribution in [2.45, 2.75) is 30.7 Å². The second-order valence-corrected chi connectivity index (χ2v) is 7.86. The molecule has 1 fully saturated rings. The van der Waals surface area contributed by atoms with Crippen LogP contribution in [-0.2, 0) is 10.0 Å². The Morgan fingerprint density at radius 1 is 1.12 bits per heavy atom. The summed E-state index contributed by atoms with van der Waals surface area (Å²) in [7, 11) is -3.64. The van der Waals surface area contributed by atoms with Crippen LogP contribution in [0.4, 0.5) is 5.69 Å². The molecule has 0 aliphatic heterocycles. The average Bonchev–Trinajstić information content (AvgIpc) is 3.31. The molecule has 0 saturated heterocycles. The number of aryl methyl sites for hydroxylation is 1. The van der Waals surface area contributed by atoms with Gasteiger partial charge in [-0.05, 0) is 60.0 Å². The summed E-state index contributed by atoms with van der Waals surface area (Å²) in [4.78, 5) is 0.237. The van der Waals surface area contributed by atoms with Gasteiger partial charge in [-0.15, -0.1) is 5.10 Å². The summed E-state index contributed by atoms with van der Waals surface area (Å²) in [6.45, 7) is 1.86. The molecule has 2 aromatic carbocycles. The molecule has 25 heavy (non-hydrogen) atoms. The highest BCUT2D eigenvalue weighted by Gasteiger charge is 2.28. The Morgan fingerprint density at radius 3 is 2.68 bits per heavy atom. The number of tetrazole rings is 1. The quantitative estimate of drug-likeness (QED) is 0.760. The highest BCUT2D eigenvalue weighted by molar-refractivity contribution is 7.92. The van der Waals surface area contributed by atoms with Crippen molar-refractivity contribution in [2.24, 2.45) is 0 Å². The van der Waals surface area contributed by atoms with Gasteiger partial charge in [0.15, 0.2) is 5.82 Å². The highest BCUT2D eigenvalue weighted by Crippen LogP contribution is 2.36. The van der Waals surface area contributed by atoms with Gasteiger partial charge in [0.1, 0.15) is 0 Å². The number of nitrogens with one attached hydrogen (secondary N) is 1. The number of hydrogen-bond acceptors (Lipinski definition) is 5. The maximum Gasteiger partial charge on any atom is 0.261 e. The Labute approximate surface area is 145 Å². The summed E-state index contributed by atoms with van der Waals surface area (Å²) in [5, 5.41) is 11.9. The number of aromatic nitrogens is 4. The number of rotatable bonds is 5. The summed E-state index contributed by atoms with van der Waals surface area (Å²) in [5.74, 6) is 0.652. The number of hydrogen-bond donors (Lipinski definition) is 1. The fourth-order valence-corrected chi connectivity index (χ4v) is 3.82. The molecule has 1 aliphatic rings. The first-order valence-corrected chi connectivity index (χ1v) is 9.49. The van der Waals surface area contributed by atoms with Crippen molar-refractivity contribution in [2.75, 3.05) is 4.72 Å². The summed E-state index contributed by atoms with van der Waals surface area (Å²) >= 11 is 0. The zero-order chi connectivity index (χ0) is 17.4. The Kier molecular flexibility index (Phi) is 3.76. The van der Waals surface area contributed by atoms with Gasteiger partial charge in [-0.25, -0.2) is 13.1 Å². The third-order valence-corrected chi connectivity index (χ3v) is 5.44. The van der Waals surface area contributed by atoms with Gasteiger partial charge in [-0.2, -0.15) is 0 Å². The van der Waals surface area contributed by atoms with Gasteiger partial charge >= 0.3 is 0 Å². The number of anilines is 1. The largest absolute Gasteiger partial charge is 0.280 e. The van der Waals surface area contributed by atoms with E-state index < -0.39 is 10.0 Å². The number of sulfonamides is 1. The van der Waals surface area contributed by atoms with E-state index in [1.54, 1.807) is 41.1 Å². The van der Waals surface area contributed by atoms with Gasteiger partial charge < -0.3 is 0 Å². The van der Waals surface area contributed by atoms with E-state index >= 15 is 0 Å². The van der Waals surface area contributed by atoms with E-state index in [4.69, 9.17) is 0 Å². The van der Waals surface area contributed by atoms with Crippen molar-refractivity contribution in [1.29, 1.82) is 0 Å². The summed E-state index contributed by atoms with van der Waals surface area (Å²) in [6, 6.07) is 14.3. The summed E-state index contributed by atoms with van der Waals surface area (Å²) in [6.07, 6.45) is 2.13. The van der Waals surface area contributed by atoms with Crippen molar-refractivity contribution >= 4 is 15.7 Å². The Hall–Kier alpha value is -2.74. The molecule has 0 atom stereocenters. The highest BCUT2D eigenvalue weighted by atomic mass is 32.2. The Bertz CT molecular complexity index is 1020. The third kappa shape index (κ3) is 3.25. The first kappa shape index (κ1) is 15.8. The lowest BCUT2D eigenvalue weighted by molar-refractivity contribution is 0.601. The minimum Gasteiger partial charge on any atom is -0.280 e. The lowest BCUT2D eigenvalue weighted by atomic mass is 10.2. The lowest BCUT2D eigenvalue weighted by Crippen LogP contribution is -2.13. The topological polar surface area (TPSA) is 89.8 Å². The molecular formula is C17H17N5O2S. The first-order chi connectivity index (χ1) is 12.0. The zero-order valence-electron chi connectivity index (χ0n) is 13.6. The number of benzene rings is 2. The smallest absolute Gasteiger partial charge is 0.261 e. The van der Waals surface area contributed by atoms with Crippen LogP contribution in [0.15, 0.2) is 53.4 Å². The molecule has 0 unspecified atom stereocenters. The van der Waals surface area contributed by atoms with E-state index in [1.807, 2.05) is 19.1 Å². The standard InChI is InChI=1S/C17H17N5O2S/c1-12-4-2-7-16(10-12)25(23,24)19-14-6-3-5-13(11-14)17-18-20-21-22(17)15-8-9-15/h2-7,10-11,15,19H,8-9H2,1H3. The van der Waals surface area contributed by atoms with E-state index in [9.17, 15) is 8.42 Å². The molecule has 4 rings (SSSR count). The molecular weight excluding hydrogens is 338 g/mol. The van der Waals surface area contributed by atoms with Gasteiger partial charge in [0, 0.05) is 11.3 Å². The molecule has 128 valence electrons. The second-order valence-electron chi connectivity index (χ2n) is 6.18. The lowest BCUT2D eigenvalue weighted by Gasteiger charge is -2.10. The molecule has 1 saturated carbocycles. The molecule has 0 bridgehead atoms. The maximum atomic E-state index is 12.6. The molecule has 8 heteroatoms. The predicted octanol–water partition coefficient (Wildman–Crippen LogP) is 2.78. The fraction of sp³-hybridized carbons (Fsp3) is 0.235. The maximum absolute atomic E-state index is 12.6. The summed E-state index contributed by atoms with van der Waals surface area (Å²) < 4.78 is 29.6. The normalized spacial score (nSPS) is 14.4. The van der Waals surface area contributed by atoms with Crippen LogP contribution in [0.25, 0.3) is 11.4 Å². The van der Waals surface area contributed by atoms with Crippen molar-refractivity contribution in [3.63, 3.8) is 0 Å². The SMILES string of the molecule is Cc1cccc(S(=O)(=O)Nc2cccc(-c3nnnn3C3CC3)c2)c1. The van der Waals surface area contributed by atoms with Crippen LogP contribution < -0.4 is 4.72 Å².